The summed E-state index contributed by atoms with van der Waals surface area (Å²) in [6, 6.07) is -2.00. The van der Waals surface area contributed by atoms with Crippen LogP contribution in [-0.4, -0.2) is 44.6 Å². The molecule has 8 nitrogen and oxygen atoms in total. The molecule has 0 saturated carbocycles. The molecule has 100 valence electrons. The summed E-state index contributed by atoms with van der Waals surface area (Å²) in [5.74, 6) is -1.29. The van der Waals surface area contributed by atoms with E-state index in [1.807, 2.05) is 0 Å². The molecule has 0 aliphatic carbocycles. The van der Waals surface area contributed by atoms with Crippen LogP contribution in [0.1, 0.15) is 18.2 Å². The number of aliphatic hydroxyl groups is 1. The summed E-state index contributed by atoms with van der Waals surface area (Å²) in [4.78, 5) is 22.2. The lowest BCUT2D eigenvalue weighted by Crippen LogP contribution is -2.50. The molecule has 0 aromatic carbocycles. The van der Waals surface area contributed by atoms with Crippen LogP contribution in [-0.2, 0) is 11.3 Å². The van der Waals surface area contributed by atoms with Gasteiger partial charge in [-0.2, -0.15) is 5.10 Å². The van der Waals surface area contributed by atoms with Crippen LogP contribution >= 0.6 is 0 Å². The molecule has 18 heavy (non-hydrogen) atoms. The van der Waals surface area contributed by atoms with Crippen LogP contribution in [0.3, 0.4) is 0 Å². The monoisotopic (exact) mass is 256 g/mol. The number of aliphatic carboxylic acids is 1. The first-order valence-corrected chi connectivity index (χ1v) is 5.36. The minimum absolute atomic E-state index is 0.223. The zero-order valence-corrected chi connectivity index (χ0v) is 10.1. The van der Waals surface area contributed by atoms with Gasteiger partial charge in [-0.25, -0.2) is 9.59 Å². The van der Waals surface area contributed by atoms with Crippen molar-refractivity contribution in [2.45, 2.75) is 32.5 Å². The van der Waals surface area contributed by atoms with E-state index >= 15 is 0 Å². The molecular formula is C10H16N4O4. The summed E-state index contributed by atoms with van der Waals surface area (Å²) in [6.07, 6.45) is 0.391. The van der Waals surface area contributed by atoms with Crippen LogP contribution in [0.25, 0.3) is 0 Å². The van der Waals surface area contributed by atoms with Crippen molar-refractivity contribution in [2.75, 3.05) is 0 Å². The van der Waals surface area contributed by atoms with Crippen molar-refractivity contribution in [1.29, 1.82) is 0 Å². The van der Waals surface area contributed by atoms with E-state index in [2.05, 4.69) is 20.8 Å². The van der Waals surface area contributed by atoms with Crippen molar-refractivity contribution in [1.82, 2.24) is 20.8 Å². The van der Waals surface area contributed by atoms with Gasteiger partial charge in [0.05, 0.1) is 12.3 Å². The Kier molecular flexibility index (Phi) is 4.67. The Bertz CT molecular complexity index is 429. The van der Waals surface area contributed by atoms with Gasteiger partial charge in [0.25, 0.3) is 0 Å². The van der Waals surface area contributed by atoms with Crippen molar-refractivity contribution in [2.24, 2.45) is 0 Å². The standard InChI is InChI=1S/C10H16N4O4/c1-5-7(4-12-14-5)3-11-10(18)13-8(6(2)15)9(16)17/h4,6,8,15H,3H2,1-2H3,(H,12,14)(H,16,17)(H2,11,13,18). The highest BCUT2D eigenvalue weighted by Crippen LogP contribution is 2.01. The zero-order chi connectivity index (χ0) is 13.7. The molecule has 0 radical (unpaired) electrons. The molecule has 0 fully saturated rings. The molecule has 0 aliphatic heterocycles. The second-order valence-electron chi connectivity index (χ2n) is 3.90. The number of aryl methyl sites for hydroxylation is 1. The molecule has 5 N–H and O–H groups in total. The fourth-order valence-electron chi connectivity index (χ4n) is 1.31. The zero-order valence-electron chi connectivity index (χ0n) is 10.1. The summed E-state index contributed by atoms with van der Waals surface area (Å²) >= 11 is 0. The summed E-state index contributed by atoms with van der Waals surface area (Å²) in [6.45, 7) is 3.32. The molecule has 0 aliphatic rings. The van der Waals surface area contributed by atoms with Crippen LogP contribution < -0.4 is 10.6 Å². The molecule has 1 heterocycles. The molecule has 2 amide bonds. The first-order valence-electron chi connectivity index (χ1n) is 5.36. The van der Waals surface area contributed by atoms with Crippen LogP contribution in [0.2, 0.25) is 0 Å². The van der Waals surface area contributed by atoms with Gasteiger partial charge in [-0.3, -0.25) is 5.10 Å². The molecule has 0 bridgehead atoms. The topological polar surface area (TPSA) is 127 Å². The summed E-state index contributed by atoms with van der Waals surface area (Å²) in [5, 5.41) is 29.1. The van der Waals surface area contributed by atoms with Crippen molar-refractivity contribution >= 4 is 12.0 Å². The number of aromatic amines is 1. The van der Waals surface area contributed by atoms with Crippen LogP contribution in [0.15, 0.2) is 6.20 Å². The smallest absolute Gasteiger partial charge is 0.328 e. The number of nitrogens with one attached hydrogen (secondary N) is 3. The fraction of sp³-hybridized carbons (Fsp3) is 0.500. The predicted octanol–water partition coefficient (Wildman–Crippen LogP) is -0.649. The minimum Gasteiger partial charge on any atom is -0.480 e. The number of urea groups is 1. The summed E-state index contributed by atoms with van der Waals surface area (Å²) in [5.41, 5.74) is 1.62. The number of carboxylic acids is 1. The first kappa shape index (κ1) is 14.0. The number of nitrogens with zero attached hydrogens (tertiary/aromatic N) is 1. The average Bonchev–Trinajstić information content (AvgIpc) is 2.68. The van der Waals surface area contributed by atoms with E-state index in [-0.39, 0.29) is 6.54 Å². The Morgan fingerprint density at radius 1 is 1.56 bits per heavy atom. The van der Waals surface area contributed by atoms with E-state index in [1.165, 1.54) is 6.92 Å². The van der Waals surface area contributed by atoms with Gasteiger partial charge in [0, 0.05) is 17.8 Å². The van der Waals surface area contributed by atoms with Gasteiger partial charge in [0.1, 0.15) is 0 Å². The minimum atomic E-state index is -1.34. The number of H-pyrrole nitrogens is 1. The van der Waals surface area contributed by atoms with Crippen molar-refractivity contribution in [3.05, 3.63) is 17.5 Å². The van der Waals surface area contributed by atoms with E-state index in [0.29, 0.717) is 0 Å². The highest BCUT2D eigenvalue weighted by Gasteiger charge is 2.24. The third-order valence-corrected chi connectivity index (χ3v) is 2.41. The molecule has 2 unspecified atom stereocenters. The molecule has 8 heteroatoms. The van der Waals surface area contributed by atoms with E-state index < -0.39 is 24.1 Å². The van der Waals surface area contributed by atoms with Gasteiger partial charge in [-0.15, -0.1) is 0 Å². The maximum Gasteiger partial charge on any atom is 0.328 e. The van der Waals surface area contributed by atoms with Crippen LogP contribution in [0.5, 0.6) is 0 Å². The summed E-state index contributed by atoms with van der Waals surface area (Å²) < 4.78 is 0. The highest BCUT2D eigenvalue weighted by atomic mass is 16.4. The van der Waals surface area contributed by atoms with Crippen molar-refractivity contribution < 1.29 is 19.8 Å². The van der Waals surface area contributed by atoms with E-state index in [4.69, 9.17) is 5.11 Å². The Balaban J connectivity index is 2.46. The third-order valence-electron chi connectivity index (χ3n) is 2.41. The van der Waals surface area contributed by atoms with Gasteiger partial charge >= 0.3 is 12.0 Å². The van der Waals surface area contributed by atoms with E-state index in [0.717, 1.165) is 11.3 Å². The number of aromatic nitrogens is 2. The first-order chi connectivity index (χ1) is 8.41. The van der Waals surface area contributed by atoms with Gasteiger partial charge < -0.3 is 20.8 Å². The second kappa shape index (κ2) is 6.01. The largest absolute Gasteiger partial charge is 0.480 e. The van der Waals surface area contributed by atoms with Crippen molar-refractivity contribution in [3.8, 4) is 0 Å². The normalized spacial score (nSPS) is 13.7. The number of carboxylic acid groups (broad SMARTS) is 1. The fourth-order valence-corrected chi connectivity index (χ4v) is 1.31. The van der Waals surface area contributed by atoms with Crippen LogP contribution in [0.4, 0.5) is 4.79 Å². The molecule has 0 saturated heterocycles. The molecular weight excluding hydrogens is 240 g/mol. The molecule has 1 aromatic rings. The maximum absolute atomic E-state index is 11.4. The van der Waals surface area contributed by atoms with Gasteiger partial charge in [-0.1, -0.05) is 0 Å². The SMILES string of the molecule is Cc1[nH]ncc1CNC(=O)NC(C(=O)O)C(C)O. The Hall–Kier alpha value is -2.09. The predicted molar refractivity (Wildman–Crippen MR) is 61.8 cm³/mol. The summed E-state index contributed by atoms with van der Waals surface area (Å²) in [7, 11) is 0. The van der Waals surface area contributed by atoms with Crippen LogP contribution in [0, 0.1) is 6.92 Å². The quantitative estimate of drug-likeness (QED) is 0.478. The van der Waals surface area contributed by atoms with Crippen molar-refractivity contribution in [3.63, 3.8) is 0 Å². The lowest BCUT2D eigenvalue weighted by atomic mass is 10.2. The number of amides is 2. The molecule has 2 atom stereocenters. The molecule has 0 spiro atoms. The van der Waals surface area contributed by atoms with Gasteiger partial charge in [0.2, 0.25) is 0 Å². The number of carbonyl (C=O) groups is 2. The number of carbonyl (C=O) groups excluding carboxylic acids is 1. The third kappa shape index (κ3) is 3.74. The van der Waals surface area contributed by atoms with Gasteiger partial charge in [-0.05, 0) is 13.8 Å². The van der Waals surface area contributed by atoms with Gasteiger partial charge in [0.15, 0.2) is 6.04 Å². The number of hydrogen-bond donors (Lipinski definition) is 5. The number of aliphatic hydroxyl groups excluding tert-OH is 1. The Morgan fingerprint density at radius 3 is 2.67 bits per heavy atom. The average molecular weight is 256 g/mol. The number of hydrogen-bond acceptors (Lipinski definition) is 4. The lowest BCUT2D eigenvalue weighted by Gasteiger charge is -2.17. The Labute approximate surface area is 103 Å². The number of rotatable bonds is 5. The second-order valence-corrected chi connectivity index (χ2v) is 3.90. The van der Waals surface area contributed by atoms with E-state index in [9.17, 15) is 14.7 Å². The molecule has 1 rings (SSSR count). The van der Waals surface area contributed by atoms with E-state index in [1.54, 1.807) is 13.1 Å². The molecule has 1 aromatic heterocycles. The Morgan fingerprint density at radius 2 is 2.22 bits per heavy atom. The maximum atomic E-state index is 11.4. The lowest BCUT2D eigenvalue weighted by molar-refractivity contribution is -0.141. The highest BCUT2D eigenvalue weighted by molar-refractivity contribution is 5.82.